The van der Waals surface area contributed by atoms with Gasteiger partial charge in [-0.1, -0.05) is 13.8 Å². The van der Waals surface area contributed by atoms with E-state index in [9.17, 15) is 4.79 Å². The molecule has 0 bridgehead atoms. The van der Waals surface area contributed by atoms with Crippen molar-refractivity contribution in [2.24, 2.45) is 5.92 Å². The van der Waals surface area contributed by atoms with Gasteiger partial charge in [-0.2, -0.15) is 0 Å². The van der Waals surface area contributed by atoms with Crippen LogP contribution in [-0.4, -0.2) is 24.1 Å². The van der Waals surface area contributed by atoms with Gasteiger partial charge in [-0.25, -0.2) is 4.98 Å². The van der Waals surface area contributed by atoms with Crippen LogP contribution in [0.25, 0.3) is 0 Å². The minimum absolute atomic E-state index is 0.0430. The third kappa shape index (κ3) is 3.53. The number of ether oxygens (including phenoxy) is 1. The molecule has 0 aliphatic rings. The Balaban J connectivity index is 2.81. The second-order valence-electron chi connectivity index (χ2n) is 4.81. The van der Waals surface area contributed by atoms with Gasteiger partial charge in [0.15, 0.2) is 0 Å². The van der Waals surface area contributed by atoms with Gasteiger partial charge in [-0.05, 0) is 26.7 Å². The second kappa shape index (κ2) is 6.29. The van der Waals surface area contributed by atoms with Gasteiger partial charge in [0.2, 0.25) is 0 Å². The molecule has 5 heteroatoms. The summed E-state index contributed by atoms with van der Waals surface area (Å²) in [5, 5.41) is 4.36. The Hall–Kier alpha value is -0.940. The Kier molecular flexibility index (Phi) is 5.28. The minimum Gasteiger partial charge on any atom is -0.468 e. The first-order chi connectivity index (χ1) is 8.36. The largest absolute Gasteiger partial charge is 0.468 e. The van der Waals surface area contributed by atoms with Crippen LogP contribution in [0.15, 0.2) is 0 Å². The van der Waals surface area contributed by atoms with E-state index in [1.807, 2.05) is 27.7 Å². The van der Waals surface area contributed by atoms with Crippen LogP contribution < -0.4 is 5.32 Å². The number of esters is 1. The number of aryl methyl sites for hydroxylation is 2. The monoisotopic (exact) mass is 270 g/mol. The second-order valence-corrected chi connectivity index (χ2v) is 6.21. The molecule has 0 saturated carbocycles. The van der Waals surface area contributed by atoms with Crippen molar-refractivity contribution < 1.29 is 9.53 Å². The summed E-state index contributed by atoms with van der Waals surface area (Å²) in [5.74, 6) is -0.0404. The lowest BCUT2D eigenvalue weighted by Gasteiger charge is -2.23. The van der Waals surface area contributed by atoms with Crippen LogP contribution in [0.1, 0.15) is 42.4 Å². The summed E-state index contributed by atoms with van der Waals surface area (Å²) in [7, 11) is 1.42. The van der Waals surface area contributed by atoms with Crippen molar-refractivity contribution in [3.63, 3.8) is 0 Å². The van der Waals surface area contributed by atoms with Crippen molar-refractivity contribution in [2.45, 2.75) is 46.7 Å². The number of carbonyl (C=O) groups excluding carboxylic acids is 1. The van der Waals surface area contributed by atoms with Gasteiger partial charge in [-0.3, -0.25) is 10.1 Å². The molecule has 0 amide bonds. The van der Waals surface area contributed by atoms with E-state index in [4.69, 9.17) is 4.74 Å². The molecule has 1 heterocycles. The normalized spacial score (nSPS) is 14.6. The Morgan fingerprint density at radius 1 is 1.33 bits per heavy atom. The van der Waals surface area contributed by atoms with E-state index in [0.29, 0.717) is 0 Å². The van der Waals surface area contributed by atoms with E-state index in [0.717, 1.165) is 10.7 Å². The number of rotatable bonds is 5. The molecule has 1 aromatic heterocycles. The first kappa shape index (κ1) is 15.1. The summed E-state index contributed by atoms with van der Waals surface area (Å²) >= 11 is 1.68. The highest BCUT2D eigenvalue weighted by molar-refractivity contribution is 7.11. The maximum Gasteiger partial charge on any atom is 0.323 e. The van der Waals surface area contributed by atoms with E-state index in [1.165, 1.54) is 12.0 Å². The van der Waals surface area contributed by atoms with E-state index >= 15 is 0 Å². The third-order valence-electron chi connectivity index (χ3n) is 2.90. The van der Waals surface area contributed by atoms with Crippen molar-refractivity contribution >= 4 is 17.3 Å². The highest BCUT2D eigenvalue weighted by Gasteiger charge is 2.26. The molecule has 0 aliphatic carbocycles. The Morgan fingerprint density at radius 3 is 2.33 bits per heavy atom. The number of hydrogen-bond donors (Lipinski definition) is 1. The van der Waals surface area contributed by atoms with Gasteiger partial charge in [0, 0.05) is 10.9 Å². The summed E-state index contributed by atoms with van der Waals surface area (Å²) < 4.78 is 4.83. The number of methoxy groups -OCH3 is 1. The van der Waals surface area contributed by atoms with Crippen molar-refractivity contribution in [3.05, 3.63) is 15.6 Å². The smallest absolute Gasteiger partial charge is 0.323 e. The molecular formula is C13H22N2O2S. The maximum absolute atomic E-state index is 11.7. The fourth-order valence-electron chi connectivity index (χ4n) is 1.95. The van der Waals surface area contributed by atoms with Gasteiger partial charge in [0.1, 0.15) is 6.04 Å². The highest BCUT2D eigenvalue weighted by Crippen LogP contribution is 2.23. The molecule has 0 spiro atoms. The summed E-state index contributed by atoms with van der Waals surface area (Å²) in [4.78, 5) is 17.4. The first-order valence-corrected chi connectivity index (χ1v) is 6.96. The summed E-state index contributed by atoms with van der Waals surface area (Å²) in [6.45, 7) is 10.1. The van der Waals surface area contributed by atoms with Crippen LogP contribution in [-0.2, 0) is 9.53 Å². The topological polar surface area (TPSA) is 51.2 Å². The SMILES string of the molecule is COC(=O)[C@H](NC(C)c1nc(C)sc1C)C(C)C. The lowest BCUT2D eigenvalue weighted by molar-refractivity contribution is -0.144. The lowest BCUT2D eigenvalue weighted by Crippen LogP contribution is -2.43. The van der Waals surface area contributed by atoms with Gasteiger partial charge in [0.05, 0.1) is 17.8 Å². The molecule has 2 atom stereocenters. The van der Waals surface area contributed by atoms with Crippen LogP contribution in [0.5, 0.6) is 0 Å². The number of hydrogen-bond acceptors (Lipinski definition) is 5. The van der Waals surface area contributed by atoms with Crippen molar-refractivity contribution in [2.75, 3.05) is 7.11 Å². The van der Waals surface area contributed by atoms with E-state index < -0.39 is 0 Å². The molecule has 1 aromatic rings. The predicted molar refractivity (Wildman–Crippen MR) is 73.8 cm³/mol. The Labute approximate surface area is 113 Å². The molecule has 0 saturated heterocycles. The van der Waals surface area contributed by atoms with E-state index in [2.05, 4.69) is 17.2 Å². The number of aromatic nitrogens is 1. The summed E-state index contributed by atoms with van der Waals surface area (Å²) in [6.07, 6.45) is 0. The average molecular weight is 270 g/mol. The van der Waals surface area contributed by atoms with Crippen LogP contribution in [0.4, 0.5) is 0 Å². The standard InChI is InChI=1S/C13H22N2O2S/c1-7(2)11(13(16)17-6)14-8(3)12-9(4)18-10(5)15-12/h7-8,11,14H,1-6H3/t8?,11-/m1/s1. The molecule has 1 N–H and O–H groups in total. The van der Waals surface area contributed by atoms with Crippen LogP contribution in [0, 0.1) is 19.8 Å². The van der Waals surface area contributed by atoms with Crippen LogP contribution in [0.2, 0.25) is 0 Å². The third-order valence-corrected chi connectivity index (χ3v) is 3.80. The average Bonchev–Trinajstić information content (AvgIpc) is 2.63. The van der Waals surface area contributed by atoms with Crippen LogP contribution >= 0.6 is 11.3 Å². The number of nitrogens with zero attached hydrogens (tertiary/aromatic N) is 1. The zero-order valence-electron chi connectivity index (χ0n) is 11.9. The predicted octanol–water partition coefficient (Wildman–Crippen LogP) is 2.61. The Morgan fingerprint density at radius 2 is 1.94 bits per heavy atom. The summed E-state index contributed by atoms with van der Waals surface area (Å²) in [5.41, 5.74) is 1.02. The molecule has 1 unspecified atom stereocenters. The van der Waals surface area contributed by atoms with Crippen molar-refractivity contribution in [3.8, 4) is 0 Å². The molecule has 0 aliphatic heterocycles. The van der Waals surface area contributed by atoms with E-state index in [-0.39, 0.29) is 24.0 Å². The lowest BCUT2D eigenvalue weighted by atomic mass is 10.0. The number of thiazole rings is 1. The fourth-order valence-corrected chi connectivity index (χ4v) is 2.87. The van der Waals surface area contributed by atoms with Gasteiger partial charge >= 0.3 is 5.97 Å². The molecule has 102 valence electrons. The summed E-state index contributed by atoms with van der Waals surface area (Å²) in [6, 6.07) is -0.257. The first-order valence-electron chi connectivity index (χ1n) is 6.14. The van der Waals surface area contributed by atoms with Crippen molar-refractivity contribution in [1.29, 1.82) is 0 Å². The molecule has 0 fully saturated rings. The zero-order chi connectivity index (χ0) is 13.9. The Bertz CT molecular complexity index is 415. The van der Waals surface area contributed by atoms with E-state index in [1.54, 1.807) is 11.3 Å². The highest BCUT2D eigenvalue weighted by atomic mass is 32.1. The fraction of sp³-hybridized carbons (Fsp3) is 0.692. The minimum atomic E-state index is -0.300. The zero-order valence-corrected chi connectivity index (χ0v) is 12.7. The van der Waals surface area contributed by atoms with Crippen molar-refractivity contribution in [1.82, 2.24) is 10.3 Å². The number of carbonyl (C=O) groups is 1. The quantitative estimate of drug-likeness (QED) is 0.836. The van der Waals surface area contributed by atoms with Crippen LogP contribution in [0.3, 0.4) is 0 Å². The molecule has 18 heavy (non-hydrogen) atoms. The molecule has 1 rings (SSSR count). The number of nitrogens with one attached hydrogen (secondary N) is 1. The molecule has 0 radical (unpaired) electrons. The molecule has 4 nitrogen and oxygen atoms in total. The van der Waals surface area contributed by atoms with Gasteiger partial charge < -0.3 is 4.74 Å². The van der Waals surface area contributed by atoms with Gasteiger partial charge in [-0.15, -0.1) is 11.3 Å². The molecule has 0 aromatic carbocycles. The maximum atomic E-state index is 11.7. The van der Waals surface area contributed by atoms with Gasteiger partial charge in [0.25, 0.3) is 0 Å². The molecular weight excluding hydrogens is 248 g/mol.